The first kappa shape index (κ1) is 25.2. The van der Waals surface area contributed by atoms with Crippen LogP contribution in [-0.2, 0) is 9.59 Å². The molecule has 0 fully saturated rings. The van der Waals surface area contributed by atoms with E-state index < -0.39 is 0 Å². The van der Waals surface area contributed by atoms with Gasteiger partial charge in [0.1, 0.15) is 11.5 Å². The third-order valence-corrected chi connectivity index (χ3v) is 7.32. The number of carbonyl (C=O) groups is 2. The minimum absolute atomic E-state index is 0.254. The normalized spacial score (nSPS) is 14.8. The van der Waals surface area contributed by atoms with Crippen molar-refractivity contribution in [3.05, 3.63) is 130 Å². The Labute approximate surface area is 233 Å². The summed E-state index contributed by atoms with van der Waals surface area (Å²) in [5.74, 6) is 0.856. The monoisotopic (exact) mass is 528 g/mol. The number of aryl methyl sites for hydroxylation is 2. The lowest BCUT2D eigenvalue weighted by molar-refractivity contribution is -0.115. The molecule has 0 saturated carbocycles. The van der Waals surface area contributed by atoms with E-state index in [2.05, 4.69) is 0 Å². The number of amides is 2. The number of benzene rings is 4. The van der Waals surface area contributed by atoms with Crippen LogP contribution in [0.1, 0.15) is 22.3 Å². The van der Waals surface area contributed by atoms with E-state index in [1.807, 2.05) is 111 Å². The molecule has 0 aromatic heterocycles. The molecule has 2 aliphatic rings. The molecule has 2 aliphatic heterocycles. The zero-order chi connectivity index (χ0) is 28.0. The molecule has 6 rings (SSSR count). The molecule has 198 valence electrons. The molecule has 0 atom stereocenters. The Morgan fingerprint density at radius 2 is 0.800 bits per heavy atom. The van der Waals surface area contributed by atoms with E-state index in [-0.39, 0.29) is 11.8 Å². The molecule has 6 heteroatoms. The number of hydrogen-bond acceptors (Lipinski definition) is 4. The van der Waals surface area contributed by atoms with Gasteiger partial charge in [0.2, 0.25) is 0 Å². The molecule has 0 N–H and O–H groups in total. The summed E-state index contributed by atoms with van der Waals surface area (Å²) < 4.78 is 10.7. The van der Waals surface area contributed by atoms with Gasteiger partial charge < -0.3 is 9.47 Å². The smallest absolute Gasteiger partial charge is 0.265 e. The number of fused-ring (bicyclic) bond motifs is 1. The third-order valence-electron chi connectivity index (χ3n) is 7.32. The first-order valence-electron chi connectivity index (χ1n) is 13.0. The number of methoxy groups -OCH3 is 2. The van der Waals surface area contributed by atoms with Crippen molar-refractivity contribution >= 4 is 34.6 Å². The average molecular weight is 529 g/mol. The Hall–Kier alpha value is -5.10. The van der Waals surface area contributed by atoms with Crippen LogP contribution in [0.15, 0.2) is 108 Å². The number of ether oxygens (including phenoxy) is 2. The molecule has 0 saturated heterocycles. The molecular weight excluding hydrogens is 500 g/mol. The summed E-state index contributed by atoms with van der Waals surface area (Å²) in [6.07, 6.45) is 0. The van der Waals surface area contributed by atoms with Crippen molar-refractivity contribution in [1.29, 1.82) is 0 Å². The highest BCUT2D eigenvalue weighted by Gasteiger charge is 2.49. The summed E-state index contributed by atoms with van der Waals surface area (Å²) >= 11 is 0. The lowest BCUT2D eigenvalue weighted by atomic mass is 10.0. The number of anilines is 2. The van der Waals surface area contributed by atoms with Gasteiger partial charge in [0.05, 0.1) is 36.8 Å². The Kier molecular flexibility index (Phi) is 6.23. The lowest BCUT2D eigenvalue weighted by Gasteiger charge is -2.26. The maximum atomic E-state index is 14.5. The topological polar surface area (TPSA) is 59.1 Å². The Morgan fingerprint density at radius 3 is 1.10 bits per heavy atom. The van der Waals surface area contributed by atoms with Crippen molar-refractivity contribution in [2.24, 2.45) is 0 Å². The SMILES string of the molecule is COc1ccc(N2C(=O)C3=C(c4ccc(C)cc4)N(c4ccc(OC)cc4)C(=O)C3=C2c2ccc(C)cc2)cc1. The van der Waals surface area contributed by atoms with Gasteiger partial charge in [-0.1, -0.05) is 59.7 Å². The summed E-state index contributed by atoms with van der Waals surface area (Å²) in [6.45, 7) is 4.02. The predicted molar refractivity (Wildman–Crippen MR) is 157 cm³/mol. The zero-order valence-electron chi connectivity index (χ0n) is 22.8. The van der Waals surface area contributed by atoms with Crippen LogP contribution in [-0.4, -0.2) is 26.0 Å². The molecule has 40 heavy (non-hydrogen) atoms. The van der Waals surface area contributed by atoms with E-state index in [1.54, 1.807) is 24.0 Å². The molecule has 0 radical (unpaired) electrons. The van der Waals surface area contributed by atoms with E-state index in [1.165, 1.54) is 0 Å². The highest BCUT2D eigenvalue weighted by atomic mass is 16.5. The second kappa shape index (κ2) is 9.89. The van der Waals surface area contributed by atoms with Gasteiger partial charge in [-0.2, -0.15) is 0 Å². The Balaban J connectivity index is 1.63. The molecule has 0 bridgehead atoms. The van der Waals surface area contributed by atoms with E-state index >= 15 is 0 Å². The fraction of sp³-hybridized carbons (Fsp3) is 0.118. The van der Waals surface area contributed by atoms with Gasteiger partial charge >= 0.3 is 0 Å². The van der Waals surface area contributed by atoms with Crippen molar-refractivity contribution in [3.63, 3.8) is 0 Å². The van der Waals surface area contributed by atoms with E-state index in [0.29, 0.717) is 45.4 Å². The van der Waals surface area contributed by atoms with Gasteiger partial charge in [0.25, 0.3) is 11.8 Å². The van der Waals surface area contributed by atoms with Gasteiger partial charge in [-0.3, -0.25) is 19.4 Å². The van der Waals surface area contributed by atoms with Crippen LogP contribution >= 0.6 is 0 Å². The quantitative estimate of drug-likeness (QED) is 0.285. The average Bonchev–Trinajstić information content (AvgIpc) is 3.45. The summed E-state index contributed by atoms with van der Waals surface area (Å²) in [5, 5.41) is 0. The molecular formula is C34H28N2O4. The van der Waals surface area contributed by atoms with E-state index in [0.717, 1.165) is 22.3 Å². The van der Waals surface area contributed by atoms with Crippen LogP contribution in [0.25, 0.3) is 11.4 Å². The second-order valence-electron chi connectivity index (χ2n) is 9.86. The van der Waals surface area contributed by atoms with Gasteiger partial charge in [-0.25, -0.2) is 0 Å². The maximum absolute atomic E-state index is 14.5. The number of carbonyl (C=O) groups excluding carboxylic acids is 2. The standard InChI is InChI=1S/C34H28N2O4/c1-21-5-9-23(10-6-21)31-29-30(34(38)35(31)25-13-17-27(39-3)18-14-25)32(24-11-7-22(2)8-12-24)36(33(29)37)26-15-19-28(40-4)20-16-26/h5-20H,1-4H3. The largest absolute Gasteiger partial charge is 0.497 e. The van der Waals surface area contributed by atoms with E-state index in [4.69, 9.17) is 9.47 Å². The number of hydrogen-bond donors (Lipinski definition) is 0. The Morgan fingerprint density at radius 1 is 0.475 bits per heavy atom. The minimum Gasteiger partial charge on any atom is -0.497 e. The maximum Gasteiger partial charge on any atom is 0.265 e. The predicted octanol–water partition coefficient (Wildman–Crippen LogP) is 6.54. The van der Waals surface area contributed by atoms with Crippen LogP contribution in [0.4, 0.5) is 11.4 Å². The highest BCUT2D eigenvalue weighted by Crippen LogP contribution is 2.49. The molecule has 6 nitrogen and oxygen atoms in total. The molecule has 2 heterocycles. The summed E-state index contributed by atoms with van der Waals surface area (Å²) in [6, 6.07) is 30.4. The lowest BCUT2D eigenvalue weighted by Crippen LogP contribution is -2.29. The minimum atomic E-state index is -0.254. The van der Waals surface area contributed by atoms with Crippen LogP contribution in [0.2, 0.25) is 0 Å². The first-order valence-corrected chi connectivity index (χ1v) is 13.0. The van der Waals surface area contributed by atoms with Crippen molar-refractivity contribution in [3.8, 4) is 11.5 Å². The van der Waals surface area contributed by atoms with Crippen LogP contribution in [0, 0.1) is 13.8 Å². The molecule has 4 aromatic carbocycles. The third kappa shape index (κ3) is 4.05. The van der Waals surface area contributed by atoms with Gasteiger partial charge in [-0.05, 0) is 73.5 Å². The van der Waals surface area contributed by atoms with Crippen molar-refractivity contribution in [2.75, 3.05) is 24.0 Å². The van der Waals surface area contributed by atoms with Crippen molar-refractivity contribution in [1.82, 2.24) is 0 Å². The zero-order valence-corrected chi connectivity index (χ0v) is 22.8. The van der Waals surface area contributed by atoms with Crippen molar-refractivity contribution < 1.29 is 19.1 Å². The summed E-state index contributed by atoms with van der Waals surface area (Å²) in [4.78, 5) is 32.2. The van der Waals surface area contributed by atoms with Gasteiger partial charge in [-0.15, -0.1) is 0 Å². The molecule has 2 amide bonds. The van der Waals surface area contributed by atoms with E-state index in [9.17, 15) is 9.59 Å². The fourth-order valence-electron chi connectivity index (χ4n) is 5.23. The Bertz CT molecular complexity index is 1550. The molecule has 0 unspecified atom stereocenters. The van der Waals surface area contributed by atoms with Gasteiger partial charge in [0.15, 0.2) is 0 Å². The summed E-state index contributed by atoms with van der Waals surface area (Å²) in [7, 11) is 3.20. The molecule has 4 aromatic rings. The second-order valence-corrected chi connectivity index (χ2v) is 9.86. The van der Waals surface area contributed by atoms with Crippen LogP contribution < -0.4 is 19.3 Å². The summed E-state index contributed by atoms with van der Waals surface area (Å²) in [5.41, 5.74) is 6.96. The number of nitrogens with zero attached hydrogens (tertiary/aromatic N) is 2. The fourth-order valence-corrected chi connectivity index (χ4v) is 5.23. The highest BCUT2D eigenvalue weighted by molar-refractivity contribution is 6.41. The molecule has 0 aliphatic carbocycles. The van der Waals surface area contributed by atoms with Crippen LogP contribution in [0.3, 0.4) is 0 Å². The van der Waals surface area contributed by atoms with Gasteiger partial charge in [0, 0.05) is 11.4 Å². The van der Waals surface area contributed by atoms with Crippen LogP contribution in [0.5, 0.6) is 11.5 Å². The number of rotatable bonds is 6. The first-order chi connectivity index (χ1) is 19.4. The molecule has 0 spiro atoms. The van der Waals surface area contributed by atoms with Crippen molar-refractivity contribution in [2.45, 2.75) is 13.8 Å².